The van der Waals surface area contributed by atoms with E-state index in [1.54, 1.807) is 0 Å². The second-order valence-corrected chi connectivity index (χ2v) is 6.27. The lowest BCUT2D eigenvalue weighted by atomic mass is 10.4. The zero-order valence-electron chi connectivity index (χ0n) is 11.9. The zero-order valence-corrected chi connectivity index (χ0v) is 15.4. The van der Waals surface area contributed by atoms with E-state index in [1.165, 1.54) is 14.7 Å². The van der Waals surface area contributed by atoms with Gasteiger partial charge < -0.3 is 24.8 Å². The molecule has 3 aromatic rings. The summed E-state index contributed by atoms with van der Waals surface area (Å²) in [5.74, 6) is 0. The van der Waals surface area contributed by atoms with Crippen LogP contribution in [0.5, 0.6) is 0 Å². The van der Waals surface area contributed by atoms with Crippen molar-refractivity contribution in [2.24, 2.45) is 0 Å². The van der Waals surface area contributed by atoms with Crippen LogP contribution in [0, 0.1) is 0 Å². The van der Waals surface area contributed by atoms with Crippen molar-refractivity contribution in [2.45, 2.75) is 14.7 Å². The van der Waals surface area contributed by atoms with Gasteiger partial charge in [0, 0.05) is 0 Å². The Kier molecular flexibility index (Phi) is 10.1. The van der Waals surface area contributed by atoms with Gasteiger partial charge in [0.25, 0.3) is 0 Å². The van der Waals surface area contributed by atoms with Crippen LogP contribution in [0.2, 0.25) is 0 Å². The van der Waals surface area contributed by atoms with Crippen LogP contribution in [0.3, 0.4) is 0 Å². The molecule has 0 heterocycles. The van der Waals surface area contributed by atoms with Crippen LogP contribution in [-0.4, -0.2) is 0 Å². The van der Waals surface area contributed by atoms with Crippen LogP contribution in [0.15, 0.2) is 106 Å². The standard InChI is InChI=1S/C18H15S.2ClH.H2S/c1-4-10-16(11-5-1)19(17-12-6-2-7-13-17)18-14-8-3-9-15-18;;;/h1-15H;2*1H;1H2/q+1;;;/p-1. The van der Waals surface area contributed by atoms with Gasteiger partial charge in [0.2, 0.25) is 0 Å². The molecule has 0 atom stereocenters. The van der Waals surface area contributed by atoms with Gasteiger partial charge in [-0.1, -0.05) is 68.1 Å². The van der Waals surface area contributed by atoms with Crippen molar-refractivity contribution >= 4 is 24.4 Å². The fourth-order valence-electron chi connectivity index (χ4n) is 2.08. The summed E-state index contributed by atoms with van der Waals surface area (Å²) in [4.78, 5) is 4.08. The molecular weight excluding hydrogens is 351 g/mol. The average Bonchev–Trinajstić information content (AvgIpc) is 2.51. The summed E-state index contributed by atoms with van der Waals surface area (Å²) < 4.78 is 0. The summed E-state index contributed by atoms with van der Waals surface area (Å²) in [5.41, 5.74) is 0. The zero-order chi connectivity index (χ0) is 12.9. The Morgan fingerprint density at radius 3 is 0.864 bits per heavy atom. The maximum absolute atomic E-state index is 2.21. The molecule has 0 spiro atoms. The maximum Gasteiger partial charge on any atom is 0.166 e. The van der Waals surface area contributed by atoms with Gasteiger partial charge in [-0.15, -0.1) is 0 Å². The summed E-state index contributed by atoms with van der Waals surface area (Å²) in [6, 6.07) is 32.2. The summed E-state index contributed by atoms with van der Waals surface area (Å²) in [5, 5.41) is 0. The summed E-state index contributed by atoms with van der Waals surface area (Å²) in [6.07, 6.45) is 0. The van der Waals surface area contributed by atoms with Crippen LogP contribution in [-0.2, 0) is 24.4 Å². The topological polar surface area (TPSA) is 0 Å². The first-order valence-corrected chi connectivity index (χ1v) is 7.57. The lowest BCUT2D eigenvalue weighted by Crippen LogP contribution is -3.00. The van der Waals surface area contributed by atoms with Gasteiger partial charge in [-0.3, -0.25) is 0 Å². The second kappa shape index (κ2) is 10.6. The minimum atomic E-state index is -0.0146. The highest BCUT2D eigenvalue weighted by molar-refractivity contribution is 7.97. The normalized spacial score (nSPS) is 9.14. The first-order valence-electron chi connectivity index (χ1n) is 6.34. The van der Waals surface area contributed by atoms with E-state index in [0.29, 0.717) is 0 Å². The van der Waals surface area contributed by atoms with Gasteiger partial charge in [-0.25, -0.2) is 0 Å². The van der Waals surface area contributed by atoms with Crippen molar-refractivity contribution in [3.63, 3.8) is 0 Å². The van der Waals surface area contributed by atoms with Crippen molar-refractivity contribution in [3.05, 3.63) is 91.0 Å². The van der Waals surface area contributed by atoms with Crippen LogP contribution < -0.4 is 24.8 Å². The average molecular weight is 369 g/mol. The number of benzene rings is 3. The smallest absolute Gasteiger partial charge is 0.166 e. The van der Waals surface area contributed by atoms with E-state index in [9.17, 15) is 0 Å². The van der Waals surface area contributed by atoms with Crippen molar-refractivity contribution in [2.75, 3.05) is 0 Å². The molecule has 4 heteroatoms. The highest BCUT2D eigenvalue weighted by atomic mass is 35.5. The molecule has 0 aliphatic carbocycles. The number of rotatable bonds is 3. The molecule has 0 amide bonds. The minimum absolute atomic E-state index is 0. The molecule has 0 aromatic heterocycles. The second-order valence-electron chi connectivity index (χ2n) is 4.25. The van der Waals surface area contributed by atoms with Crippen molar-refractivity contribution in [3.8, 4) is 0 Å². The van der Waals surface area contributed by atoms with E-state index in [4.69, 9.17) is 0 Å². The molecule has 0 aliphatic rings. The third-order valence-corrected chi connectivity index (χ3v) is 5.17. The van der Waals surface area contributed by atoms with E-state index in [-0.39, 0.29) is 49.2 Å². The van der Waals surface area contributed by atoms with Crippen molar-refractivity contribution in [1.29, 1.82) is 0 Å². The number of hydrogen-bond acceptors (Lipinski definition) is 0. The summed E-state index contributed by atoms with van der Waals surface area (Å²) in [6.45, 7) is 0. The largest absolute Gasteiger partial charge is 1.00 e. The molecule has 0 saturated carbocycles. The lowest BCUT2D eigenvalue weighted by molar-refractivity contribution is -0.00100. The van der Waals surface area contributed by atoms with Crippen molar-refractivity contribution in [1.82, 2.24) is 0 Å². The highest BCUT2D eigenvalue weighted by Crippen LogP contribution is 2.30. The fourth-order valence-corrected chi connectivity index (χ4v) is 4.18. The third-order valence-electron chi connectivity index (χ3n) is 2.94. The Morgan fingerprint density at radius 1 is 0.409 bits per heavy atom. The molecule has 0 fully saturated rings. The van der Waals surface area contributed by atoms with Crippen LogP contribution in [0.4, 0.5) is 0 Å². The van der Waals surface area contributed by atoms with Gasteiger partial charge in [-0.2, -0.15) is 0 Å². The molecule has 116 valence electrons. The van der Waals surface area contributed by atoms with E-state index in [1.807, 2.05) is 0 Å². The van der Waals surface area contributed by atoms with E-state index in [2.05, 4.69) is 91.0 Å². The molecular formula is C18H18Cl2S2. The van der Waals surface area contributed by atoms with Gasteiger partial charge in [0.1, 0.15) is 0 Å². The fraction of sp³-hybridized carbons (Fsp3) is 0. The maximum atomic E-state index is 2.21. The molecule has 3 aromatic carbocycles. The molecule has 0 N–H and O–H groups in total. The Bertz CT molecular complexity index is 537. The molecule has 22 heavy (non-hydrogen) atoms. The number of hydrogen-bond donors (Lipinski definition) is 0. The van der Waals surface area contributed by atoms with Gasteiger partial charge >= 0.3 is 0 Å². The Labute approximate surface area is 154 Å². The first kappa shape index (κ1) is 20.9. The summed E-state index contributed by atoms with van der Waals surface area (Å²) in [7, 11) is -0.0146. The van der Waals surface area contributed by atoms with E-state index < -0.39 is 0 Å². The SMILES string of the molecule is [Cl-].[Cl-].[SH3+].c1ccc([S+](c2ccccc2)c2ccccc2)cc1. The van der Waals surface area contributed by atoms with Crippen molar-refractivity contribution < 1.29 is 24.8 Å². The van der Waals surface area contributed by atoms with Crippen LogP contribution in [0.25, 0.3) is 0 Å². The first-order chi connectivity index (χ1) is 9.45. The van der Waals surface area contributed by atoms with Gasteiger partial charge in [0.05, 0.1) is 10.9 Å². The van der Waals surface area contributed by atoms with Gasteiger partial charge in [0.15, 0.2) is 14.7 Å². The highest BCUT2D eigenvalue weighted by Gasteiger charge is 2.27. The molecule has 0 bridgehead atoms. The molecule has 0 radical (unpaired) electrons. The predicted molar refractivity (Wildman–Crippen MR) is 93.0 cm³/mol. The number of halogens is 2. The lowest BCUT2D eigenvalue weighted by Gasteiger charge is -2.07. The summed E-state index contributed by atoms with van der Waals surface area (Å²) >= 11 is 0. The van der Waals surface area contributed by atoms with E-state index in [0.717, 1.165) is 0 Å². The van der Waals surface area contributed by atoms with Crippen LogP contribution >= 0.6 is 0 Å². The molecule has 0 saturated heterocycles. The predicted octanol–water partition coefficient (Wildman–Crippen LogP) is -2.02. The molecule has 0 unspecified atom stereocenters. The monoisotopic (exact) mass is 368 g/mol. The Hall–Kier alpha value is -1.06. The van der Waals surface area contributed by atoms with E-state index >= 15 is 0 Å². The quantitative estimate of drug-likeness (QED) is 0.468. The van der Waals surface area contributed by atoms with Crippen LogP contribution in [0.1, 0.15) is 0 Å². The molecule has 0 nitrogen and oxygen atoms in total. The minimum Gasteiger partial charge on any atom is -1.00 e. The molecule has 0 aliphatic heterocycles. The Balaban J connectivity index is 0.00000147. The molecule has 3 rings (SSSR count). The Morgan fingerprint density at radius 2 is 0.636 bits per heavy atom. The van der Waals surface area contributed by atoms with Gasteiger partial charge in [-0.05, 0) is 36.4 Å². The third kappa shape index (κ3) is 4.99.